The van der Waals surface area contributed by atoms with E-state index in [-0.39, 0.29) is 17.8 Å². The maximum absolute atomic E-state index is 12.6. The molecule has 1 fully saturated rings. The molecule has 0 bridgehead atoms. The van der Waals surface area contributed by atoms with E-state index in [1.807, 2.05) is 30.3 Å². The van der Waals surface area contributed by atoms with Crippen LogP contribution in [-0.2, 0) is 9.53 Å². The number of carbonyl (C=O) groups excluding carboxylic acids is 2. The zero-order chi connectivity index (χ0) is 21.5. The lowest BCUT2D eigenvalue weighted by atomic mass is 10.2. The normalized spacial score (nSPS) is 15.5. The molecule has 1 aliphatic rings. The van der Waals surface area contributed by atoms with Crippen LogP contribution >= 0.6 is 11.8 Å². The SMILES string of the molecule is O=C(CSc1cccc2cccnc12)NNC(=O)c1ccccc1OCC1CCCO1. The second-order valence-corrected chi connectivity index (χ2v) is 8.08. The topological polar surface area (TPSA) is 89.6 Å². The lowest BCUT2D eigenvalue weighted by Gasteiger charge is -2.14. The first-order valence-electron chi connectivity index (χ1n) is 10.1. The van der Waals surface area contributed by atoms with E-state index in [1.165, 1.54) is 11.8 Å². The van der Waals surface area contributed by atoms with E-state index in [1.54, 1.807) is 30.5 Å². The van der Waals surface area contributed by atoms with Crippen molar-refractivity contribution < 1.29 is 19.1 Å². The minimum Gasteiger partial charge on any atom is -0.490 e. The monoisotopic (exact) mass is 437 g/mol. The Morgan fingerprint density at radius 1 is 1.10 bits per heavy atom. The number of hydrazine groups is 1. The van der Waals surface area contributed by atoms with Gasteiger partial charge in [0.1, 0.15) is 12.4 Å². The van der Waals surface area contributed by atoms with Gasteiger partial charge in [0.05, 0.1) is 22.9 Å². The van der Waals surface area contributed by atoms with Crippen LogP contribution in [0.3, 0.4) is 0 Å². The van der Waals surface area contributed by atoms with Gasteiger partial charge in [-0.25, -0.2) is 0 Å². The van der Waals surface area contributed by atoms with Crippen LogP contribution in [0.25, 0.3) is 10.9 Å². The summed E-state index contributed by atoms with van der Waals surface area (Å²) in [7, 11) is 0. The van der Waals surface area contributed by atoms with Gasteiger partial charge in [-0.2, -0.15) is 0 Å². The molecule has 1 aliphatic heterocycles. The predicted molar refractivity (Wildman–Crippen MR) is 119 cm³/mol. The van der Waals surface area contributed by atoms with Gasteiger partial charge in [-0.15, -0.1) is 11.8 Å². The number of fused-ring (bicyclic) bond motifs is 1. The van der Waals surface area contributed by atoms with Gasteiger partial charge in [-0.3, -0.25) is 25.4 Å². The van der Waals surface area contributed by atoms with E-state index < -0.39 is 5.91 Å². The number of hydrogen-bond donors (Lipinski definition) is 2. The van der Waals surface area contributed by atoms with E-state index >= 15 is 0 Å². The number of nitrogens with one attached hydrogen (secondary N) is 2. The van der Waals surface area contributed by atoms with Crippen molar-refractivity contribution in [3.8, 4) is 5.75 Å². The summed E-state index contributed by atoms with van der Waals surface area (Å²) in [5.41, 5.74) is 6.13. The molecule has 3 aromatic rings. The Balaban J connectivity index is 1.30. The van der Waals surface area contributed by atoms with Gasteiger partial charge >= 0.3 is 0 Å². The first kappa shape index (κ1) is 21.1. The minimum absolute atomic E-state index is 0.0522. The van der Waals surface area contributed by atoms with Crippen molar-refractivity contribution in [2.75, 3.05) is 19.0 Å². The second kappa shape index (κ2) is 10.3. The van der Waals surface area contributed by atoms with Crippen molar-refractivity contribution >= 4 is 34.5 Å². The number of pyridine rings is 1. The Kier molecular flexibility index (Phi) is 7.01. The number of aromatic nitrogens is 1. The molecular formula is C23H23N3O4S. The molecule has 2 N–H and O–H groups in total. The molecule has 1 unspecified atom stereocenters. The van der Waals surface area contributed by atoms with Crippen LogP contribution in [0.4, 0.5) is 0 Å². The zero-order valence-electron chi connectivity index (χ0n) is 16.9. The summed E-state index contributed by atoms with van der Waals surface area (Å²) in [6.45, 7) is 1.14. The average Bonchev–Trinajstić information content (AvgIpc) is 3.34. The molecule has 2 aromatic carbocycles. The molecule has 31 heavy (non-hydrogen) atoms. The molecule has 1 saturated heterocycles. The number of rotatable bonds is 7. The molecule has 0 radical (unpaired) electrons. The number of para-hydroxylation sites is 2. The van der Waals surface area contributed by atoms with E-state index in [0.29, 0.717) is 17.9 Å². The number of hydrogen-bond acceptors (Lipinski definition) is 6. The van der Waals surface area contributed by atoms with Gasteiger partial charge in [0, 0.05) is 23.1 Å². The number of benzene rings is 2. The van der Waals surface area contributed by atoms with Gasteiger partial charge in [-0.05, 0) is 37.1 Å². The number of nitrogens with zero attached hydrogens (tertiary/aromatic N) is 1. The third-order valence-corrected chi connectivity index (χ3v) is 5.90. The number of ether oxygens (including phenoxy) is 2. The molecule has 0 aliphatic carbocycles. The smallest absolute Gasteiger partial charge is 0.273 e. The maximum atomic E-state index is 12.6. The Morgan fingerprint density at radius 2 is 1.97 bits per heavy atom. The maximum Gasteiger partial charge on any atom is 0.273 e. The fourth-order valence-electron chi connectivity index (χ4n) is 3.30. The molecule has 0 saturated carbocycles. The van der Waals surface area contributed by atoms with Gasteiger partial charge in [0.2, 0.25) is 5.91 Å². The molecule has 2 amide bonds. The van der Waals surface area contributed by atoms with Crippen LogP contribution in [0.5, 0.6) is 5.75 Å². The third-order valence-electron chi connectivity index (χ3n) is 4.85. The van der Waals surface area contributed by atoms with Crippen molar-refractivity contribution in [2.45, 2.75) is 23.8 Å². The molecule has 4 rings (SSSR count). The second-order valence-electron chi connectivity index (χ2n) is 7.06. The Labute approximate surface area is 184 Å². The molecule has 2 heterocycles. The van der Waals surface area contributed by atoms with Gasteiger partial charge in [-0.1, -0.05) is 30.3 Å². The summed E-state index contributed by atoms with van der Waals surface area (Å²) in [4.78, 5) is 30.1. The highest BCUT2D eigenvalue weighted by molar-refractivity contribution is 8.00. The van der Waals surface area contributed by atoms with Gasteiger partial charge in [0.15, 0.2) is 0 Å². The Bertz CT molecular complexity index is 1060. The summed E-state index contributed by atoms with van der Waals surface area (Å²) < 4.78 is 11.3. The van der Waals surface area contributed by atoms with Crippen LogP contribution in [0.1, 0.15) is 23.2 Å². The van der Waals surface area contributed by atoms with Crippen molar-refractivity contribution in [2.24, 2.45) is 0 Å². The fraction of sp³-hybridized carbons (Fsp3) is 0.261. The highest BCUT2D eigenvalue weighted by Crippen LogP contribution is 2.26. The lowest BCUT2D eigenvalue weighted by molar-refractivity contribution is -0.119. The van der Waals surface area contributed by atoms with Crippen molar-refractivity contribution in [1.29, 1.82) is 0 Å². The summed E-state index contributed by atoms with van der Waals surface area (Å²) in [6, 6.07) is 16.6. The highest BCUT2D eigenvalue weighted by Gasteiger charge is 2.18. The van der Waals surface area contributed by atoms with Gasteiger partial charge < -0.3 is 9.47 Å². The quantitative estimate of drug-likeness (QED) is 0.435. The molecule has 1 aromatic heterocycles. The largest absolute Gasteiger partial charge is 0.490 e. The summed E-state index contributed by atoms with van der Waals surface area (Å²) in [6.07, 6.45) is 3.75. The minimum atomic E-state index is -0.437. The van der Waals surface area contributed by atoms with Crippen LogP contribution in [-0.4, -0.2) is 41.9 Å². The highest BCUT2D eigenvalue weighted by atomic mass is 32.2. The van der Waals surface area contributed by atoms with E-state index in [0.717, 1.165) is 35.2 Å². The molecular weight excluding hydrogens is 414 g/mol. The van der Waals surface area contributed by atoms with Crippen LogP contribution in [0, 0.1) is 0 Å². The van der Waals surface area contributed by atoms with Crippen molar-refractivity contribution in [3.63, 3.8) is 0 Å². The summed E-state index contributed by atoms with van der Waals surface area (Å²) in [5, 5.41) is 1.01. The molecule has 160 valence electrons. The zero-order valence-corrected chi connectivity index (χ0v) is 17.7. The number of thioether (sulfide) groups is 1. The first-order chi connectivity index (χ1) is 15.2. The van der Waals surface area contributed by atoms with E-state index in [4.69, 9.17) is 9.47 Å². The number of carbonyl (C=O) groups is 2. The standard InChI is InChI=1S/C23H23N3O4S/c27-21(15-31-20-11-3-6-16-7-4-12-24-22(16)20)25-26-23(28)18-9-1-2-10-19(18)30-14-17-8-5-13-29-17/h1-4,6-7,9-12,17H,5,8,13-15H2,(H,25,27)(H,26,28). The summed E-state index contributed by atoms with van der Waals surface area (Å²) >= 11 is 1.37. The molecule has 0 spiro atoms. The van der Waals surface area contributed by atoms with Crippen LogP contribution in [0.15, 0.2) is 65.7 Å². The number of amides is 2. The van der Waals surface area contributed by atoms with E-state index in [9.17, 15) is 9.59 Å². The third kappa shape index (κ3) is 5.53. The lowest BCUT2D eigenvalue weighted by Crippen LogP contribution is -2.42. The predicted octanol–water partition coefficient (Wildman–Crippen LogP) is 3.35. The molecule has 8 heteroatoms. The summed E-state index contributed by atoms with van der Waals surface area (Å²) in [5.74, 6) is -0.147. The molecule has 7 nitrogen and oxygen atoms in total. The van der Waals surface area contributed by atoms with Crippen molar-refractivity contribution in [1.82, 2.24) is 15.8 Å². The van der Waals surface area contributed by atoms with Crippen LogP contribution in [0.2, 0.25) is 0 Å². The molecule has 1 atom stereocenters. The first-order valence-corrected chi connectivity index (χ1v) is 11.1. The Morgan fingerprint density at radius 3 is 2.84 bits per heavy atom. The average molecular weight is 438 g/mol. The van der Waals surface area contributed by atoms with Gasteiger partial charge in [0.25, 0.3) is 5.91 Å². The fourth-order valence-corrected chi connectivity index (χ4v) is 4.15. The van der Waals surface area contributed by atoms with Crippen LogP contribution < -0.4 is 15.6 Å². The van der Waals surface area contributed by atoms with Crippen molar-refractivity contribution in [3.05, 3.63) is 66.4 Å². The Hall–Kier alpha value is -3.10. The van der Waals surface area contributed by atoms with E-state index in [2.05, 4.69) is 15.8 Å².